The normalized spacial score (nSPS) is 13.9. The Morgan fingerprint density at radius 1 is 1.12 bits per heavy atom. The number of hydrogen-bond acceptors (Lipinski definition) is 0. The molecule has 0 fully saturated rings. The fraction of sp³-hybridized carbons (Fsp3) is 1.00. The topological polar surface area (TPSA) is 0 Å². The summed E-state index contributed by atoms with van der Waals surface area (Å²) in [5, 5.41) is 4.92. The molecule has 0 bridgehead atoms. The summed E-state index contributed by atoms with van der Waals surface area (Å²) in [6, 6.07) is 0. The van der Waals surface area contributed by atoms with Crippen LogP contribution in [0.2, 0.25) is 34.7 Å². The SMILES string of the molecule is [CH3][Pt]([CH3])[CH2][Si](C)(C)C. The van der Waals surface area contributed by atoms with Crippen molar-refractivity contribution in [1.82, 2.24) is 0 Å². The Hall–Kier alpha value is 0.905. The van der Waals surface area contributed by atoms with Gasteiger partial charge in [-0.3, -0.25) is 0 Å². The van der Waals surface area contributed by atoms with Crippen LogP contribution in [0.3, 0.4) is 0 Å². The Kier molecular flexibility index (Phi) is 3.53. The zero-order chi connectivity index (χ0) is 6.78. The summed E-state index contributed by atoms with van der Waals surface area (Å²) in [5.41, 5.74) is 0. The molecular weight excluding hydrogens is 295 g/mol. The van der Waals surface area contributed by atoms with E-state index in [-0.39, 0.29) is 17.3 Å². The molecule has 0 aromatic carbocycles. The number of hydrogen-bond donors (Lipinski definition) is 0. The van der Waals surface area contributed by atoms with Crippen LogP contribution in [0.1, 0.15) is 0 Å². The van der Waals surface area contributed by atoms with Crippen LogP contribution in [0.5, 0.6) is 0 Å². The molecule has 0 unspecified atom stereocenters. The van der Waals surface area contributed by atoms with Crippen LogP contribution in [0, 0.1) is 0 Å². The Bertz CT molecular complexity index is 63.4. The van der Waals surface area contributed by atoms with Gasteiger partial charge >= 0.3 is 60.1 Å². The van der Waals surface area contributed by atoms with Gasteiger partial charge < -0.3 is 0 Å². The van der Waals surface area contributed by atoms with Crippen LogP contribution in [-0.2, 0) is 17.3 Å². The fourth-order valence-electron chi connectivity index (χ4n) is 0.671. The van der Waals surface area contributed by atoms with Gasteiger partial charge in [0.15, 0.2) is 0 Å². The van der Waals surface area contributed by atoms with Crippen molar-refractivity contribution in [3.05, 3.63) is 0 Å². The molecule has 0 heterocycles. The van der Waals surface area contributed by atoms with Crippen LogP contribution < -0.4 is 0 Å². The predicted octanol–water partition coefficient (Wildman–Crippen LogP) is 3.00. The van der Waals surface area contributed by atoms with Gasteiger partial charge in [0.1, 0.15) is 0 Å². The summed E-state index contributed by atoms with van der Waals surface area (Å²) in [6.07, 6.45) is 0. The van der Waals surface area contributed by atoms with Gasteiger partial charge in [0.05, 0.1) is 0 Å². The predicted molar refractivity (Wildman–Crippen MR) is 39.9 cm³/mol. The average molecular weight is 312 g/mol. The van der Waals surface area contributed by atoms with E-state index in [1.807, 2.05) is 0 Å². The third-order valence-electron chi connectivity index (χ3n) is 0.559. The third kappa shape index (κ3) is 6.91. The van der Waals surface area contributed by atoms with Crippen LogP contribution in [-0.4, -0.2) is 8.07 Å². The van der Waals surface area contributed by atoms with Crippen molar-refractivity contribution in [3.63, 3.8) is 0 Å². The second-order valence-electron chi connectivity index (χ2n) is 3.44. The molecule has 8 heavy (non-hydrogen) atoms. The molecule has 0 N–H and O–H groups in total. The zero-order valence-corrected chi connectivity index (χ0v) is 9.80. The van der Waals surface area contributed by atoms with Crippen LogP contribution in [0.15, 0.2) is 0 Å². The van der Waals surface area contributed by atoms with Crippen LogP contribution in [0.4, 0.5) is 0 Å². The van der Waals surface area contributed by atoms with E-state index in [4.69, 9.17) is 0 Å². The number of rotatable bonds is 2. The van der Waals surface area contributed by atoms with Crippen molar-refractivity contribution >= 4 is 8.07 Å². The van der Waals surface area contributed by atoms with Crippen molar-refractivity contribution in [2.45, 2.75) is 34.7 Å². The molecule has 0 amide bonds. The van der Waals surface area contributed by atoms with Gasteiger partial charge in [0.2, 0.25) is 0 Å². The van der Waals surface area contributed by atoms with E-state index < -0.39 is 8.07 Å². The first-order valence-corrected chi connectivity index (χ1v) is 12.6. The zero-order valence-electron chi connectivity index (χ0n) is 6.52. The summed E-state index contributed by atoms with van der Waals surface area (Å²) < 4.78 is 1.62. The summed E-state index contributed by atoms with van der Waals surface area (Å²) in [7, 11) is -0.650. The molecule has 0 nitrogen and oxygen atoms in total. The first-order valence-electron chi connectivity index (χ1n) is 2.71. The molecule has 0 spiro atoms. The first kappa shape index (κ1) is 8.91. The van der Waals surface area contributed by atoms with Gasteiger partial charge in [0.25, 0.3) is 0 Å². The van der Waals surface area contributed by atoms with E-state index in [9.17, 15) is 0 Å². The second-order valence-corrected chi connectivity index (χ2v) is 16.7. The van der Waals surface area contributed by atoms with E-state index in [1.165, 1.54) is 0 Å². The van der Waals surface area contributed by atoms with Crippen molar-refractivity contribution in [2.75, 3.05) is 0 Å². The summed E-state index contributed by atoms with van der Waals surface area (Å²) in [6.45, 7) is 7.39. The minimum absolute atomic E-state index is 0.386. The van der Waals surface area contributed by atoms with Crippen molar-refractivity contribution in [3.8, 4) is 0 Å². The molecule has 0 rings (SSSR count). The van der Waals surface area contributed by atoms with Gasteiger partial charge in [0, 0.05) is 0 Å². The average Bonchev–Trinajstić information content (AvgIpc) is 1.21. The standard InChI is InChI=1S/C4H11Si.2CH3.Pt/c1-5(2,3)4;;;/h1H2,2-4H3;2*1H3;. The molecule has 0 aromatic heterocycles. The Morgan fingerprint density at radius 3 is 1.50 bits per heavy atom. The Labute approximate surface area is 60.3 Å². The van der Waals surface area contributed by atoms with Crippen molar-refractivity contribution in [2.24, 2.45) is 0 Å². The van der Waals surface area contributed by atoms with Crippen LogP contribution >= 0.6 is 0 Å². The molecule has 0 radical (unpaired) electrons. The van der Waals surface area contributed by atoms with Gasteiger partial charge in [-0.2, -0.15) is 0 Å². The fourth-order valence-corrected chi connectivity index (χ4v) is 16.5. The second kappa shape index (κ2) is 3.17. The van der Waals surface area contributed by atoms with E-state index in [0.717, 1.165) is 0 Å². The summed E-state index contributed by atoms with van der Waals surface area (Å²) in [4.78, 5) is 0. The van der Waals surface area contributed by atoms with Crippen molar-refractivity contribution in [1.29, 1.82) is 0 Å². The molecule has 55 valence electrons. The summed E-state index contributed by atoms with van der Waals surface area (Å²) >= 11 is -0.386. The quantitative estimate of drug-likeness (QED) is 0.688. The Balaban J connectivity index is 3.39. The molecule has 0 saturated carbocycles. The van der Waals surface area contributed by atoms with Crippen LogP contribution in [0.25, 0.3) is 0 Å². The monoisotopic (exact) mass is 312 g/mol. The van der Waals surface area contributed by atoms with Gasteiger partial charge in [-0.15, -0.1) is 0 Å². The maximum absolute atomic E-state index is 2.46. The Morgan fingerprint density at radius 2 is 1.50 bits per heavy atom. The van der Waals surface area contributed by atoms with Gasteiger partial charge in [-0.05, 0) is 0 Å². The molecule has 2 heteroatoms. The molecule has 0 aliphatic heterocycles. The molecule has 0 saturated heterocycles. The van der Waals surface area contributed by atoms with E-state index in [1.54, 1.807) is 4.43 Å². The van der Waals surface area contributed by atoms with E-state index >= 15 is 0 Å². The molecule has 0 aromatic rings. The van der Waals surface area contributed by atoms with Gasteiger partial charge in [-0.1, -0.05) is 0 Å². The molecular formula is C6H17PtSi. The third-order valence-corrected chi connectivity index (χ3v) is 13.7. The van der Waals surface area contributed by atoms with Gasteiger partial charge in [-0.25, -0.2) is 0 Å². The molecule has 0 aliphatic rings. The minimum atomic E-state index is -0.650. The van der Waals surface area contributed by atoms with Crippen molar-refractivity contribution < 1.29 is 17.3 Å². The summed E-state index contributed by atoms with van der Waals surface area (Å²) in [5.74, 6) is 0. The first-order chi connectivity index (χ1) is 3.42. The maximum atomic E-state index is 2.46. The van der Waals surface area contributed by atoms with E-state index in [0.29, 0.717) is 0 Å². The van der Waals surface area contributed by atoms with E-state index in [2.05, 4.69) is 30.3 Å². The molecule has 0 atom stereocenters. The molecule has 0 aliphatic carbocycles.